The summed E-state index contributed by atoms with van der Waals surface area (Å²) in [7, 11) is 0. The third-order valence-corrected chi connectivity index (χ3v) is 2.74. The molecule has 0 radical (unpaired) electrons. The van der Waals surface area contributed by atoms with Gasteiger partial charge in [0.1, 0.15) is 13.2 Å². The summed E-state index contributed by atoms with van der Waals surface area (Å²) >= 11 is 11.2. The highest BCUT2D eigenvalue weighted by atomic mass is 35.5. The van der Waals surface area contributed by atoms with E-state index >= 15 is 0 Å². The minimum atomic E-state index is 0.491. The van der Waals surface area contributed by atoms with E-state index in [1.54, 1.807) is 0 Å². The van der Waals surface area contributed by atoms with Crippen molar-refractivity contribution in [2.45, 2.75) is 0 Å². The van der Waals surface area contributed by atoms with Gasteiger partial charge in [0.15, 0.2) is 11.5 Å². The summed E-state index contributed by atoms with van der Waals surface area (Å²) in [6, 6.07) is 5.66. The second kappa shape index (κ2) is 5.32. The van der Waals surface area contributed by atoms with Crippen LogP contribution >= 0.6 is 23.2 Å². The molecule has 1 aliphatic rings. The molecule has 0 unspecified atom stereocenters. The van der Waals surface area contributed by atoms with E-state index in [0.717, 1.165) is 17.2 Å². The predicted octanol–water partition coefficient (Wildman–Crippen LogP) is 3.19. The quantitative estimate of drug-likeness (QED) is 0.905. The van der Waals surface area contributed by atoms with Crippen LogP contribution in [0, 0.1) is 0 Å². The second-order valence-corrected chi connectivity index (χ2v) is 3.97. The van der Waals surface area contributed by atoms with Crippen molar-refractivity contribution in [2.75, 3.05) is 25.1 Å². The van der Waals surface area contributed by atoms with Crippen molar-refractivity contribution < 1.29 is 9.47 Å². The first-order valence-corrected chi connectivity index (χ1v) is 5.69. The van der Waals surface area contributed by atoms with Crippen LogP contribution in [0.15, 0.2) is 28.8 Å². The number of fused-ring (bicyclic) bond motifs is 1. The van der Waals surface area contributed by atoms with Gasteiger partial charge in [-0.05, 0) is 12.1 Å². The zero-order valence-corrected chi connectivity index (χ0v) is 10.0. The Bertz CT molecular complexity index is 407. The molecule has 2 rings (SSSR count). The summed E-state index contributed by atoms with van der Waals surface area (Å²) in [4.78, 5) is 0. The molecule has 16 heavy (non-hydrogen) atoms. The van der Waals surface area contributed by atoms with E-state index in [9.17, 15) is 0 Å². The van der Waals surface area contributed by atoms with Crippen LogP contribution in [-0.4, -0.2) is 19.8 Å². The van der Waals surface area contributed by atoms with Crippen LogP contribution < -0.4 is 14.8 Å². The van der Waals surface area contributed by atoms with Crippen LogP contribution in [0.4, 0.5) is 5.69 Å². The Kier molecular flexibility index (Phi) is 3.80. The molecule has 0 aliphatic carbocycles. The molecule has 5 heteroatoms. The zero-order valence-electron chi connectivity index (χ0n) is 8.50. The number of hydrogen-bond acceptors (Lipinski definition) is 3. The Labute approximate surface area is 104 Å². The first-order valence-electron chi connectivity index (χ1n) is 4.88. The molecule has 1 aromatic carbocycles. The maximum absolute atomic E-state index is 5.77. The summed E-state index contributed by atoms with van der Waals surface area (Å²) in [6.07, 6.45) is 0. The van der Waals surface area contributed by atoms with Gasteiger partial charge in [0.2, 0.25) is 0 Å². The van der Waals surface area contributed by atoms with Crippen molar-refractivity contribution in [3.05, 3.63) is 28.8 Å². The third kappa shape index (κ3) is 2.74. The Balaban J connectivity index is 2.05. The third-order valence-electron chi connectivity index (χ3n) is 2.12. The van der Waals surface area contributed by atoms with Crippen LogP contribution in [0.25, 0.3) is 0 Å². The first kappa shape index (κ1) is 11.4. The van der Waals surface area contributed by atoms with Gasteiger partial charge < -0.3 is 14.8 Å². The fourth-order valence-electron chi connectivity index (χ4n) is 1.38. The number of hydrogen-bond donors (Lipinski definition) is 1. The average Bonchev–Trinajstić information content (AvgIpc) is 2.35. The molecule has 0 atom stereocenters. The van der Waals surface area contributed by atoms with Crippen molar-refractivity contribution in [3.63, 3.8) is 0 Å². The van der Waals surface area contributed by atoms with Crippen LogP contribution in [0.5, 0.6) is 11.5 Å². The van der Waals surface area contributed by atoms with E-state index in [4.69, 9.17) is 32.7 Å². The molecule has 0 aromatic heterocycles. The van der Waals surface area contributed by atoms with Gasteiger partial charge >= 0.3 is 0 Å². The number of anilines is 1. The fourth-order valence-corrected chi connectivity index (χ4v) is 1.52. The number of rotatable bonds is 3. The minimum Gasteiger partial charge on any atom is -0.486 e. The Morgan fingerprint density at radius 2 is 2.06 bits per heavy atom. The van der Waals surface area contributed by atoms with Gasteiger partial charge in [0.05, 0.1) is 6.54 Å². The molecule has 1 aliphatic heterocycles. The summed E-state index contributed by atoms with van der Waals surface area (Å²) in [6.45, 7) is 1.67. The van der Waals surface area contributed by atoms with Gasteiger partial charge in [-0.25, -0.2) is 0 Å². The summed E-state index contributed by atoms with van der Waals surface area (Å²) in [5.74, 6) is 1.53. The summed E-state index contributed by atoms with van der Waals surface area (Å²) in [5.41, 5.74) is 2.26. The highest BCUT2D eigenvalue weighted by Crippen LogP contribution is 2.32. The molecule has 0 saturated carbocycles. The van der Waals surface area contributed by atoms with Gasteiger partial charge in [0.25, 0.3) is 0 Å². The van der Waals surface area contributed by atoms with E-state index < -0.39 is 0 Å². The highest BCUT2D eigenvalue weighted by molar-refractivity contribution is 6.36. The van der Waals surface area contributed by atoms with Crippen molar-refractivity contribution >= 4 is 28.9 Å². The first-order chi connectivity index (χ1) is 7.79. The Morgan fingerprint density at radius 1 is 1.31 bits per heavy atom. The average molecular weight is 260 g/mol. The monoisotopic (exact) mass is 259 g/mol. The lowest BCUT2D eigenvalue weighted by molar-refractivity contribution is 0.171. The normalized spacial score (nSPS) is 14.8. The van der Waals surface area contributed by atoms with E-state index in [2.05, 4.69) is 5.32 Å². The maximum atomic E-state index is 5.77. The van der Waals surface area contributed by atoms with Gasteiger partial charge in [-0.3, -0.25) is 0 Å². The van der Waals surface area contributed by atoms with Crippen LogP contribution in [0.1, 0.15) is 0 Å². The lowest BCUT2D eigenvalue weighted by Crippen LogP contribution is -2.15. The molecule has 0 bridgehead atoms. The lowest BCUT2D eigenvalue weighted by atomic mass is 10.2. The molecule has 0 saturated heterocycles. The fraction of sp³-hybridized carbons (Fsp3) is 0.273. The molecule has 3 nitrogen and oxygen atoms in total. The SMILES string of the molecule is ClC=C(Cl)CNc1ccc2c(c1)OCCO2. The molecule has 86 valence electrons. The maximum Gasteiger partial charge on any atom is 0.163 e. The van der Waals surface area contributed by atoms with Gasteiger partial charge in [0, 0.05) is 22.3 Å². The van der Waals surface area contributed by atoms with Gasteiger partial charge in [-0.15, -0.1) is 0 Å². The van der Waals surface area contributed by atoms with Crippen molar-refractivity contribution in [3.8, 4) is 11.5 Å². The summed E-state index contributed by atoms with van der Waals surface area (Å²) < 4.78 is 10.9. The molecule has 1 N–H and O–H groups in total. The molecule has 0 fully saturated rings. The molecular weight excluding hydrogens is 249 g/mol. The van der Waals surface area contributed by atoms with Crippen LogP contribution in [0.2, 0.25) is 0 Å². The molecule has 1 aromatic rings. The van der Waals surface area contributed by atoms with E-state index in [1.165, 1.54) is 5.54 Å². The van der Waals surface area contributed by atoms with Crippen molar-refractivity contribution in [1.82, 2.24) is 0 Å². The predicted molar refractivity (Wildman–Crippen MR) is 65.7 cm³/mol. The van der Waals surface area contributed by atoms with E-state index in [-0.39, 0.29) is 0 Å². The largest absolute Gasteiger partial charge is 0.486 e. The highest BCUT2D eigenvalue weighted by Gasteiger charge is 2.11. The Morgan fingerprint density at radius 3 is 2.81 bits per heavy atom. The number of halogens is 2. The smallest absolute Gasteiger partial charge is 0.163 e. The van der Waals surface area contributed by atoms with Crippen LogP contribution in [-0.2, 0) is 0 Å². The summed E-state index contributed by atoms with van der Waals surface area (Å²) in [5, 5.41) is 3.68. The number of nitrogens with one attached hydrogen (secondary N) is 1. The van der Waals surface area contributed by atoms with Crippen molar-refractivity contribution in [1.29, 1.82) is 0 Å². The standard InChI is InChI=1S/C11H11Cl2NO2/c12-6-8(13)7-14-9-1-2-10-11(5-9)16-4-3-15-10/h1-2,5-6,14H,3-4,7H2. The van der Waals surface area contributed by atoms with E-state index in [0.29, 0.717) is 24.8 Å². The number of benzene rings is 1. The van der Waals surface area contributed by atoms with Gasteiger partial charge in [-0.1, -0.05) is 23.2 Å². The van der Waals surface area contributed by atoms with Crippen LogP contribution in [0.3, 0.4) is 0 Å². The topological polar surface area (TPSA) is 30.5 Å². The molecule has 0 amide bonds. The zero-order chi connectivity index (χ0) is 11.4. The molecule has 0 spiro atoms. The van der Waals surface area contributed by atoms with Gasteiger partial charge in [-0.2, -0.15) is 0 Å². The molecule has 1 heterocycles. The minimum absolute atomic E-state index is 0.491. The molecular formula is C11H11Cl2NO2. The number of ether oxygens (including phenoxy) is 2. The van der Waals surface area contributed by atoms with Crippen molar-refractivity contribution in [2.24, 2.45) is 0 Å². The lowest BCUT2D eigenvalue weighted by Gasteiger charge is -2.19. The Hall–Kier alpha value is -1.06. The second-order valence-electron chi connectivity index (χ2n) is 3.27. The van der Waals surface area contributed by atoms with E-state index in [1.807, 2.05) is 18.2 Å².